The van der Waals surface area contributed by atoms with Crippen LogP contribution in [0.1, 0.15) is 77.2 Å². The zero-order chi connectivity index (χ0) is 26.8. The van der Waals surface area contributed by atoms with E-state index in [4.69, 9.17) is 0 Å². The summed E-state index contributed by atoms with van der Waals surface area (Å²) in [6, 6.07) is 4.27. The summed E-state index contributed by atoms with van der Waals surface area (Å²) in [5.41, 5.74) is 1.60. The Morgan fingerprint density at radius 2 is 1.72 bits per heavy atom. The van der Waals surface area contributed by atoms with Gasteiger partial charge in [0.2, 0.25) is 5.91 Å². The normalized spacial score (nSPS) is 14.9. The lowest BCUT2D eigenvalue weighted by molar-refractivity contribution is -0.133. The summed E-state index contributed by atoms with van der Waals surface area (Å²) >= 11 is 0. The Bertz CT molecular complexity index is 1210. The minimum atomic E-state index is -0.740. The molecule has 0 saturated carbocycles. The maximum absolute atomic E-state index is 13.6. The van der Waals surface area contributed by atoms with Gasteiger partial charge in [-0.25, -0.2) is 4.39 Å². The van der Waals surface area contributed by atoms with Gasteiger partial charge in [-0.1, -0.05) is 6.92 Å². The van der Waals surface area contributed by atoms with Crippen LogP contribution in [0.5, 0.6) is 0 Å². The van der Waals surface area contributed by atoms with Gasteiger partial charge in [0.1, 0.15) is 5.82 Å². The van der Waals surface area contributed by atoms with Crippen LogP contribution in [-0.4, -0.2) is 51.6 Å². The summed E-state index contributed by atoms with van der Waals surface area (Å²) in [5.74, 6) is -2.16. The molecule has 0 bridgehead atoms. The Kier molecular flexibility index (Phi) is 8.01. The molecule has 2 heterocycles. The summed E-state index contributed by atoms with van der Waals surface area (Å²) in [4.78, 5) is 53.2. The van der Waals surface area contributed by atoms with E-state index in [0.29, 0.717) is 60.4 Å². The molecule has 0 radical (unpaired) electrons. The molecule has 1 fully saturated rings. The predicted octanol–water partition coefficient (Wildman–Crippen LogP) is 3.82. The number of anilines is 1. The monoisotopic (exact) mass is 498 g/mol. The van der Waals surface area contributed by atoms with Crippen molar-refractivity contribution in [2.24, 2.45) is 7.05 Å². The average molecular weight is 499 g/mol. The summed E-state index contributed by atoms with van der Waals surface area (Å²) in [7, 11) is 1.64. The molecule has 0 aliphatic carbocycles. The van der Waals surface area contributed by atoms with E-state index in [0.717, 1.165) is 6.42 Å². The summed E-state index contributed by atoms with van der Waals surface area (Å²) in [5, 5.41) is 5.62. The Hall–Kier alpha value is -3.49. The fourth-order valence-corrected chi connectivity index (χ4v) is 4.73. The third-order valence-corrected chi connectivity index (χ3v) is 7.09. The summed E-state index contributed by atoms with van der Waals surface area (Å²) in [6.45, 7) is 9.84. The maximum Gasteiger partial charge on any atom is 0.294 e. The largest absolute Gasteiger partial charge is 0.344 e. The molecule has 9 heteroatoms. The fraction of sp³-hybridized carbons (Fsp3) is 0.481. The van der Waals surface area contributed by atoms with E-state index in [2.05, 4.69) is 10.6 Å². The number of nitrogens with one attached hydrogen (secondary N) is 2. The van der Waals surface area contributed by atoms with Crippen LogP contribution in [-0.2, 0) is 16.6 Å². The summed E-state index contributed by atoms with van der Waals surface area (Å²) in [6.07, 6.45) is 2.40. The number of Topliss-reactive ketones (excluding diaryl/α,β-unsaturated/α-hetero) is 1. The van der Waals surface area contributed by atoms with Gasteiger partial charge >= 0.3 is 0 Å². The number of carbonyl (C=O) groups is 4. The van der Waals surface area contributed by atoms with E-state index in [1.807, 2.05) is 13.8 Å². The zero-order valence-corrected chi connectivity index (χ0v) is 21.9. The van der Waals surface area contributed by atoms with Crippen molar-refractivity contribution in [3.8, 4) is 0 Å². The van der Waals surface area contributed by atoms with E-state index in [9.17, 15) is 23.6 Å². The number of aryl methyl sites for hydroxylation is 1. The van der Waals surface area contributed by atoms with E-state index in [-0.39, 0.29) is 17.4 Å². The number of hydrogen-bond donors (Lipinski definition) is 2. The van der Waals surface area contributed by atoms with Gasteiger partial charge in [0, 0.05) is 43.5 Å². The number of nitrogens with zero attached hydrogens (tertiary/aromatic N) is 2. The number of benzene rings is 1. The van der Waals surface area contributed by atoms with E-state index < -0.39 is 23.1 Å². The van der Waals surface area contributed by atoms with Crippen molar-refractivity contribution < 1.29 is 23.6 Å². The Morgan fingerprint density at radius 1 is 1.08 bits per heavy atom. The molecule has 8 nitrogen and oxygen atoms in total. The highest BCUT2D eigenvalue weighted by Crippen LogP contribution is 2.26. The lowest BCUT2D eigenvalue weighted by Crippen LogP contribution is -2.55. The molecule has 3 rings (SSSR count). The quantitative estimate of drug-likeness (QED) is 0.448. The minimum Gasteiger partial charge on any atom is -0.344 e. The first-order valence-corrected chi connectivity index (χ1v) is 12.3. The lowest BCUT2D eigenvalue weighted by atomic mass is 9.89. The molecule has 2 aromatic rings. The molecule has 0 unspecified atom stereocenters. The Morgan fingerprint density at radius 3 is 2.31 bits per heavy atom. The lowest BCUT2D eigenvalue weighted by Gasteiger charge is -2.39. The predicted molar refractivity (Wildman–Crippen MR) is 136 cm³/mol. The van der Waals surface area contributed by atoms with Gasteiger partial charge < -0.3 is 20.1 Å². The van der Waals surface area contributed by atoms with Crippen LogP contribution in [0, 0.1) is 26.6 Å². The molecule has 194 valence electrons. The SMILES string of the molecule is CCCC(=O)N1CCC(C)(NC(=O)C(=O)c2c(C)c(C(=O)Nc3ccc(F)c(C)c3)c(C)n2C)CC1. The molecule has 1 aromatic carbocycles. The first-order valence-electron chi connectivity index (χ1n) is 12.3. The molecule has 1 aliphatic heterocycles. The highest BCUT2D eigenvalue weighted by Gasteiger charge is 2.36. The number of ketones is 1. The molecular weight excluding hydrogens is 463 g/mol. The number of carbonyl (C=O) groups excluding carboxylic acids is 4. The molecule has 0 spiro atoms. The van der Waals surface area contributed by atoms with Crippen molar-refractivity contribution >= 4 is 29.2 Å². The summed E-state index contributed by atoms with van der Waals surface area (Å²) < 4.78 is 15.1. The van der Waals surface area contributed by atoms with Gasteiger partial charge in [0.25, 0.3) is 17.6 Å². The number of likely N-dealkylation sites (tertiary alicyclic amines) is 1. The van der Waals surface area contributed by atoms with E-state index >= 15 is 0 Å². The molecule has 1 saturated heterocycles. The van der Waals surface area contributed by atoms with Crippen LogP contribution in [0.4, 0.5) is 10.1 Å². The molecule has 2 N–H and O–H groups in total. The van der Waals surface area contributed by atoms with Crippen LogP contribution in [0.15, 0.2) is 18.2 Å². The van der Waals surface area contributed by atoms with Crippen LogP contribution in [0.3, 0.4) is 0 Å². The number of rotatable bonds is 7. The maximum atomic E-state index is 13.6. The molecule has 1 aromatic heterocycles. The van der Waals surface area contributed by atoms with Crippen molar-refractivity contribution in [2.75, 3.05) is 18.4 Å². The van der Waals surface area contributed by atoms with Crippen molar-refractivity contribution in [1.29, 1.82) is 0 Å². The number of hydrogen-bond acceptors (Lipinski definition) is 4. The van der Waals surface area contributed by atoms with Gasteiger partial charge in [-0.05, 0) is 76.3 Å². The van der Waals surface area contributed by atoms with Crippen molar-refractivity contribution in [3.63, 3.8) is 0 Å². The average Bonchev–Trinajstić information content (AvgIpc) is 3.04. The van der Waals surface area contributed by atoms with Crippen LogP contribution in [0.2, 0.25) is 0 Å². The number of halogens is 1. The molecular formula is C27H35FN4O4. The highest BCUT2D eigenvalue weighted by molar-refractivity contribution is 6.43. The molecule has 1 aliphatic rings. The van der Waals surface area contributed by atoms with Crippen LogP contribution in [0.25, 0.3) is 0 Å². The third kappa shape index (κ3) is 5.50. The first kappa shape index (κ1) is 27.1. The van der Waals surface area contributed by atoms with Gasteiger partial charge in [-0.3, -0.25) is 19.2 Å². The second-order valence-corrected chi connectivity index (χ2v) is 9.89. The van der Waals surface area contributed by atoms with E-state index in [1.165, 1.54) is 18.2 Å². The first-order chi connectivity index (χ1) is 16.9. The molecule has 3 amide bonds. The van der Waals surface area contributed by atoms with E-state index in [1.54, 1.807) is 37.3 Å². The number of amides is 3. The van der Waals surface area contributed by atoms with Gasteiger partial charge in [0.15, 0.2) is 0 Å². The standard InChI is InChI=1S/C27H35FN4O4/c1-7-8-21(33)32-13-11-27(5,12-14-32)30-26(36)24(34)23-17(3)22(18(4)31(23)6)25(35)29-19-9-10-20(28)16(2)15-19/h9-10,15H,7-8,11-14H2,1-6H3,(H,29,35)(H,30,36). The smallest absolute Gasteiger partial charge is 0.294 e. The van der Waals surface area contributed by atoms with Gasteiger partial charge in [-0.15, -0.1) is 0 Å². The van der Waals surface area contributed by atoms with Gasteiger partial charge in [0.05, 0.1) is 11.3 Å². The van der Waals surface area contributed by atoms with Crippen LogP contribution < -0.4 is 10.6 Å². The van der Waals surface area contributed by atoms with Gasteiger partial charge in [-0.2, -0.15) is 0 Å². The third-order valence-electron chi connectivity index (χ3n) is 7.09. The topological polar surface area (TPSA) is 101 Å². The number of piperidine rings is 1. The van der Waals surface area contributed by atoms with Crippen molar-refractivity contribution in [1.82, 2.24) is 14.8 Å². The minimum absolute atomic E-state index is 0.110. The zero-order valence-electron chi connectivity index (χ0n) is 21.9. The highest BCUT2D eigenvalue weighted by atomic mass is 19.1. The van der Waals surface area contributed by atoms with Crippen molar-refractivity contribution in [2.45, 2.75) is 65.8 Å². The fourth-order valence-electron chi connectivity index (χ4n) is 4.73. The molecule has 36 heavy (non-hydrogen) atoms. The second-order valence-electron chi connectivity index (χ2n) is 9.89. The Labute approximate surface area is 211 Å². The molecule has 0 atom stereocenters. The van der Waals surface area contributed by atoms with Crippen molar-refractivity contribution in [3.05, 3.63) is 52.1 Å². The van der Waals surface area contributed by atoms with Crippen LogP contribution >= 0.6 is 0 Å². The Balaban J connectivity index is 1.75. The second kappa shape index (κ2) is 10.6. The number of aromatic nitrogens is 1.